The number of sulfonamides is 1. The van der Waals surface area contributed by atoms with Crippen molar-refractivity contribution < 1.29 is 22.8 Å². The van der Waals surface area contributed by atoms with Crippen molar-refractivity contribution in [2.24, 2.45) is 0 Å². The smallest absolute Gasteiger partial charge is 0.275 e. The molecule has 4 amide bonds. The molecule has 2 aromatic carbocycles. The third-order valence-electron chi connectivity index (χ3n) is 4.08. The van der Waals surface area contributed by atoms with Crippen molar-refractivity contribution in [1.29, 1.82) is 0 Å². The van der Waals surface area contributed by atoms with Crippen molar-refractivity contribution >= 4 is 27.9 Å². The Morgan fingerprint density at radius 1 is 1.14 bits per heavy atom. The molecule has 1 aliphatic heterocycles. The minimum Gasteiger partial charge on any atom is -0.275 e. The number of rotatable bonds is 6. The van der Waals surface area contributed by atoms with Crippen molar-refractivity contribution in [3.63, 3.8) is 0 Å². The predicted molar refractivity (Wildman–Crippen MR) is 99.4 cm³/mol. The van der Waals surface area contributed by atoms with E-state index in [1.165, 1.54) is 18.2 Å². The number of benzene rings is 2. The fraction of sp³-hybridized carbons (Fsp3) is 0.167. The average molecular weight is 402 g/mol. The molecule has 0 atom stereocenters. The number of urea groups is 1. The minimum atomic E-state index is -3.87. The Kier molecular flexibility index (Phi) is 5.43. The van der Waals surface area contributed by atoms with E-state index in [0.717, 1.165) is 10.6 Å². The topological polar surface area (TPSA) is 125 Å². The summed E-state index contributed by atoms with van der Waals surface area (Å²) in [4.78, 5) is 35.0. The maximum Gasteiger partial charge on any atom is 0.343 e. The average Bonchev–Trinajstić information content (AvgIpc) is 2.98. The van der Waals surface area contributed by atoms with Crippen LogP contribution in [0.1, 0.15) is 21.5 Å². The van der Waals surface area contributed by atoms with Crippen LogP contribution >= 0.6 is 0 Å². The Morgan fingerprint density at radius 3 is 2.50 bits per heavy atom. The second-order valence-corrected chi connectivity index (χ2v) is 7.91. The van der Waals surface area contributed by atoms with Gasteiger partial charge in [0.25, 0.3) is 5.91 Å². The number of hydrogen-bond acceptors (Lipinski definition) is 5. The van der Waals surface area contributed by atoms with Gasteiger partial charge in [-0.3, -0.25) is 20.3 Å². The number of carbonyl (C=O) groups is 3. The normalized spacial score (nSPS) is 14.1. The van der Waals surface area contributed by atoms with Crippen LogP contribution in [0.3, 0.4) is 0 Å². The number of hydrazine groups is 1. The molecule has 0 spiro atoms. The van der Waals surface area contributed by atoms with E-state index in [4.69, 9.17) is 0 Å². The van der Waals surface area contributed by atoms with Crippen molar-refractivity contribution in [3.05, 3.63) is 65.2 Å². The van der Waals surface area contributed by atoms with Crippen LogP contribution in [0.15, 0.2) is 53.4 Å². The fourth-order valence-corrected chi connectivity index (χ4v) is 3.89. The first-order valence-electron chi connectivity index (χ1n) is 8.33. The van der Waals surface area contributed by atoms with E-state index < -0.39 is 27.9 Å². The number of aryl methyl sites for hydroxylation is 1. The van der Waals surface area contributed by atoms with Crippen LogP contribution < -0.4 is 15.5 Å². The molecule has 1 aliphatic rings. The lowest BCUT2D eigenvalue weighted by Gasteiger charge is -2.15. The van der Waals surface area contributed by atoms with E-state index in [9.17, 15) is 22.8 Å². The standard InChI is InChI=1S/C18H18N4O5S/c1-12-7-8-14(17(24)21-22-11-16(23)20-18(22)25)9-15(12)28(26,27)19-10-13-5-3-2-4-6-13/h2-9,19H,10-11H2,1H3,(H,21,24)(H,20,23,25). The van der Waals surface area contributed by atoms with E-state index in [2.05, 4.69) is 10.1 Å². The molecule has 1 saturated heterocycles. The molecular weight excluding hydrogens is 384 g/mol. The van der Waals surface area contributed by atoms with Gasteiger partial charge in [0.15, 0.2) is 0 Å². The zero-order valence-corrected chi connectivity index (χ0v) is 15.7. The molecule has 0 aliphatic carbocycles. The van der Waals surface area contributed by atoms with Crippen molar-refractivity contribution in [2.45, 2.75) is 18.4 Å². The van der Waals surface area contributed by atoms with Crippen molar-refractivity contribution in [2.75, 3.05) is 6.54 Å². The highest BCUT2D eigenvalue weighted by molar-refractivity contribution is 7.89. The molecular formula is C18H18N4O5S. The molecule has 2 aromatic rings. The summed E-state index contributed by atoms with van der Waals surface area (Å²) in [5.41, 5.74) is 3.58. The Bertz CT molecular complexity index is 1040. The van der Waals surface area contributed by atoms with Crippen LogP contribution in [0, 0.1) is 6.92 Å². The number of nitrogens with one attached hydrogen (secondary N) is 3. The molecule has 1 heterocycles. The Hall–Kier alpha value is -3.24. The third-order valence-corrected chi connectivity index (χ3v) is 5.62. The lowest BCUT2D eigenvalue weighted by molar-refractivity contribution is -0.118. The van der Waals surface area contributed by atoms with E-state index in [0.29, 0.717) is 5.56 Å². The van der Waals surface area contributed by atoms with E-state index in [1.807, 2.05) is 11.4 Å². The highest BCUT2D eigenvalue weighted by atomic mass is 32.2. The summed E-state index contributed by atoms with van der Waals surface area (Å²) >= 11 is 0. The molecule has 3 rings (SSSR count). The first-order chi connectivity index (χ1) is 13.3. The van der Waals surface area contributed by atoms with Gasteiger partial charge in [-0.15, -0.1) is 0 Å². The van der Waals surface area contributed by atoms with Crippen LogP contribution in [-0.2, 0) is 21.4 Å². The Labute approximate surface area is 161 Å². The summed E-state index contributed by atoms with van der Waals surface area (Å²) in [5, 5.41) is 2.85. The molecule has 9 nitrogen and oxygen atoms in total. The van der Waals surface area contributed by atoms with Crippen LogP contribution in [-0.4, -0.2) is 37.8 Å². The van der Waals surface area contributed by atoms with Crippen LogP contribution in [0.5, 0.6) is 0 Å². The SMILES string of the molecule is Cc1ccc(C(=O)NN2CC(=O)NC2=O)cc1S(=O)(=O)NCc1ccccc1. The Balaban J connectivity index is 1.77. The molecule has 0 aromatic heterocycles. The summed E-state index contributed by atoms with van der Waals surface area (Å²) in [6, 6.07) is 12.5. The molecule has 0 bridgehead atoms. The lowest BCUT2D eigenvalue weighted by Crippen LogP contribution is -2.44. The fourth-order valence-electron chi connectivity index (χ4n) is 2.60. The van der Waals surface area contributed by atoms with E-state index >= 15 is 0 Å². The van der Waals surface area contributed by atoms with Crippen LogP contribution in [0.4, 0.5) is 4.79 Å². The van der Waals surface area contributed by atoms with Gasteiger partial charge >= 0.3 is 6.03 Å². The van der Waals surface area contributed by atoms with Gasteiger partial charge in [-0.2, -0.15) is 0 Å². The minimum absolute atomic E-state index is 0.0397. The van der Waals surface area contributed by atoms with Crippen molar-refractivity contribution in [1.82, 2.24) is 20.5 Å². The first-order valence-corrected chi connectivity index (χ1v) is 9.81. The van der Waals surface area contributed by atoms with Gasteiger partial charge in [0.05, 0.1) is 4.90 Å². The van der Waals surface area contributed by atoms with E-state index in [1.54, 1.807) is 31.2 Å². The third kappa shape index (κ3) is 4.35. The molecule has 146 valence electrons. The van der Waals surface area contributed by atoms with Gasteiger partial charge in [-0.25, -0.2) is 22.9 Å². The number of nitrogens with zero attached hydrogens (tertiary/aromatic N) is 1. The maximum atomic E-state index is 12.7. The van der Waals surface area contributed by atoms with E-state index in [-0.39, 0.29) is 23.5 Å². The molecule has 0 radical (unpaired) electrons. The monoisotopic (exact) mass is 402 g/mol. The second kappa shape index (κ2) is 7.79. The predicted octanol–water partition coefficient (Wildman–Crippen LogP) is 0.670. The summed E-state index contributed by atoms with van der Waals surface area (Å²) in [6.45, 7) is 1.42. The number of carbonyl (C=O) groups excluding carboxylic acids is 3. The summed E-state index contributed by atoms with van der Waals surface area (Å²) in [7, 11) is -3.87. The quantitative estimate of drug-likeness (QED) is 0.613. The molecule has 3 N–H and O–H groups in total. The van der Waals surface area contributed by atoms with Crippen LogP contribution in [0.25, 0.3) is 0 Å². The van der Waals surface area contributed by atoms with Gasteiger partial charge in [-0.05, 0) is 30.2 Å². The summed E-state index contributed by atoms with van der Waals surface area (Å²) < 4.78 is 27.9. The molecule has 1 fully saturated rings. The zero-order chi connectivity index (χ0) is 20.3. The first kappa shape index (κ1) is 19.5. The van der Waals surface area contributed by atoms with Crippen molar-refractivity contribution in [3.8, 4) is 0 Å². The molecule has 0 unspecified atom stereocenters. The highest BCUT2D eigenvalue weighted by Gasteiger charge is 2.29. The summed E-state index contributed by atoms with van der Waals surface area (Å²) in [5.74, 6) is -1.24. The number of amides is 4. The van der Waals surface area contributed by atoms with Gasteiger partial charge < -0.3 is 0 Å². The highest BCUT2D eigenvalue weighted by Crippen LogP contribution is 2.18. The van der Waals surface area contributed by atoms with Gasteiger partial charge in [0.1, 0.15) is 6.54 Å². The number of hydrogen-bond donors (Lipinski definition) is 3. The largest absolute Gasteiger partial charge is 0.343 e. The summed E-state index contributed by atoms with van der Waals surface area (Å²) in [6.07, 6.45) is 0. The molecule has 28 heavy (non-hydrogen) atoms. The van der Waals surface area contributed by atoms with Gasteiger partial charge in [0, 0.05) is 12.1 Å². The lowest BCUT2D eigenvalue weighted by atomic mass is 10.1. The van der Waals surface area contributed by atoms with Crippen LogP contribution in [0.2, 0.25) is 0 Å². The maximum absolute atomic E-state index is 12.7. The number of imide groups is 1. The Morgan fingerprint density at radius 2 is 1.86 bits per heavy atom. The zero-order valence-electron chi connectivity index (χ0n) is 14.9. The van der Waals surface area contributed by atoms with Gasteiger partial charge in [-0.1, -0.05) is 36.4 Å². The second-order valence-electron chi connectivity index (χ2n) is 6.17. The van der Waals surface area contributed by atoms with Gasteiger partial charge in [0.2, 0.25) is 15.9 Å². The molecule has 10 heteroatoms. The molecule has 0 saturated carbocycles.